The van der Waals surface area contributed by atoms with Crippen LogP contribution in [0.2, 0.25) is 0 Å². The Morgan fingerprint density at radius 3 is 2.48 bits per heavy atom. The van der Waals surface area contributed by atoms with E-state index in [-0.39, 0.29) is 23.9 Å². The van der Waals surface area contributed by atoms with Gasteiger partial charge in [0.15, 0.2) is 11.5 Å². The molecule has 1 amide bonds. The van der Waals surface area contributed by atoms with Gasteiger partial charge in [0.05, 0.1) is 25.7 Å². The molecule has 0 bridgehead atoms. The zero-order valence-corrected chi connectivity index (χ0v) is 19.4. The fraction of sp³-hybridized carbons (Fsp3) is 0.476. The molecule has 168 valence electrons. The number of ether oxygens (including phenoxy) is 2. The van der Waals surface area contributed by atoms with E-state index in [9.17, 15) is 13.2 Å². The Hall–Kier alpha value is -2.14. The van der Waals surface area contributed by atoms with E-state index in [4.69, 9.17) is 9.47 Å². The Labute approximate surface area is 187 Å². The van der Waals surface area contributed by atoms with Gasteiger partial charge in [-0.2, -0.15) is 4.31 Å². The standard InChI is InChI=1S/C21H27N3O5S2/c1-28-18-4-3-17(13-19(18)29-2)31(26,27)24-10-8-23(9-11-24)21(25)15-22-7-5-20-16(14-22)6-12-30-20/h3-4,6,12-13H,5,7-11,14-15H2,1-2H3. The van der Waals surface area contributed by atoms with Crippen LogP contribution in [0.15, 0.2) is 34.5 Å². The summed E-state index contributed by atoms with van der Waals surface area (Å²) in [5.74, 6) is 0.902. The molecule has 1 saturated heterocycles. The second-order valence-electron chi connectivity index (χ2n) is 7.63. The first-order valence-corrected chi connectivity index (χ1v) is 12.5. The van der Waals surface area contributed by atoms with Crippen LogP contribution in [0.5, 0.6) is 11.5 Å². The number of methoxy groups -OCH3 is 2. The molecule has 4 rings (SSSR count). The van der Waals surface area contributed by atoms with Gasteiger partial charge < -0.3 is 14.4 Å². The van der Waals surface area contributed by atoms with Crippen molar-refractivity contribution in [2.75, 3.05) is 53.5 Å². The van der Waals surface area contributed by atoms with Crippen molar-refractivity contribution in [3.05, 3.63) is 40.1 Å². The minimum Gasteiger partial charge on any atom is -0.493 e. The Kier molecular flexibility index (Phi) is 6.52. The molecule has 10 heteroatoms. The summed E-state index contributed by atoms with van der Waals surface area (Å²) in [6.07, 6.45) is 0.984. The Morgan fingerprint density at radius 2 is 1.77 bits per heavy atom. The van der Waals surface area contributed by atoms with E-state index >= 15 is 0 Å². The largest absolute Gasteiger partial charge is 0.493 e. The third kappa shape index (κ3) is 4.57. The maximum Gasteiger partial charge on any atom is 0.243 e. The number of rotatable bonds is 6. The number of carbonyl (C=O) groups is 1. The smallest absolute Gasteiger partial charge is 0.243 e. The summed E-state index contributed by atoms with van der Waals surface area (Å²) in [5.41, 5.74) is 1.31. The molecule has 2 aliphatic heterocycles. The number of fused-ring (bicyclic) bond motifs is 1. The number of amides is 1. The third-order valence-electron chi connectivity index (χ3n) is 5.83. The van der Waals surface area contributed by atoms with E-state index in [1.807, 2.05) is 0 Å². The zero-order chi connectivity index (χ0) is 22.0. The SMILES string of the molecule is COc1ccc(S(=O)(=O)N2CCN(C(=O)CN3CCc4sccc4C3)CC2)cc1OC. The van der Waals surface area contributed by atoms with Crippen LogP contribution >= 0.6 is 11.3 Å². The topological polar surface area (TPSA) is 79.4 Å². The van der Waals surface area contributed by atoms with Crippen molar-refractivity contribution < 1.29 is 22.7 Å². The number of benzene rings is 1. The van der Waals surface area contributed by atoms with Crippen LogP contribution in [0.25, 0.3) is 0 Å². The molecule has 0 aliphatic carbocycles. The molecule has 0 unspecified atom stereocenters. The van der Waals surface area contributed by atoms with Gasteiger partial charge in [-0.1, -0.05) is 0 Å². The molecular formula is C21H27N3O5S2. The average Bonchev–Trinajstić information content (AvgIpc) is 3.26. The van der Waals surface area contributed by atoms with Crippen LogP contribution in [-0.2, 0) is 27.8 Å². The first-order chi connectivity index (χ1) is 14.9. The van der Waals surface area contributed by atoms with Crippen molar-refractivity contribution in [2.45, 2.75) is 17.9 Å². The highest BCUT2D eigenvalue weighted by molar-refractivity contribution is 7.89. The van der Waals surface area contributed by atoms with Gasteiger partial charge in [-0.25, -0.2) is 8.42 Å². The van der Waals surface area contributed by atoms with E-state index < -0.39 is 10.0 Å². The van der Waals surface area contributed by atoms with E-state index in [2.05, 4.69) is 16.3 Å². The first-order valence-electron chi connectivity index (χ1n) is 10.2. The van der Waals surface area contributed by atoms with Gasteiger partial charge >= 0.3 is 0 Å². The maximum absolute atomic E-state index is 13.1. The molecule has 0 N–H and O–H groups in total. The van der Waals surface area contributed by atoms with Crippen molar-refractivity contribution in [3.8, 4) is 11.5 Å². The van der Waals surface area contributed by atoms with E-state index in [1.54, 1.807) is 22.3 Å². The number of hydrogen-bond acceptors (Lipinski definition) is 7. The van der Waals surface area contributed by atoms with Gasteiger partial charge in [-0.05, 0) is 35.6 Å². The zero-order valence-electron chi connectivity index (χ0n) is 17.7. The first kappa shape index (κ1) is 22.1. The molecule has 2 aliphatic rings. The van der Waals surface area contributed by atoms with E-state index in [1.165, 1.54) is 41.1 Å². The van der Waals surface area contributed by atoms with Gasteiger partial charge in [0.25, 0.3) is 0 Å². The lowest BCUT2D eigenvalue weighted by molar-refractivity contribution is -0.133. The predicted octanol–water partition coefficient (Wildman–Crippen LogP) is 1.66. The molecule has 0 radical (unpaired) electrons. The van der Waals surface area contributed by atoms with Crippen LogP contribution in [0.1, 0.15) is 10.4 Å². The number of hydrogen-bond donors (Lipinski definition) is 0. The van der Waals surface area contributed by atoms with Gasteiger partial charge in [-0.15, -0.1) is 11.3 Å². The molecule has 8 nitrogen and oxygen atoms in total. The molecule has 1 aromatic heterocycles. The summed E-state index contributed by atoms with van der Waals surface area (Å²) in [4.78, 5) is 18.3. The van der Waals surface area contributed by atoms with Crippen molar-refractivity contribution in [2.24, 2.45) is 0 Å². The lowest BCUT2D eigenvalue weighted by Gasteiger charge is -2.35. The summed E-state index contributed by atoms with van der Waals surface area (Å²) >= 11 is 1.78. The fourth-order valence-corrected chi connectivity index (χ4v) is 6.36. The normalized spacial score (nSPS) is 17.9. The number of carbonyl (C=O) groups excluding carboxylic acids is 1. The highest BCUT2D eigenvalue weighted by Crippen LogP contribution is 2.31. The van der Waals surface area contributed by atoms with Gasteiger partial charge in [-0.3, -0.25) is 9.69 Å². The second-order valence-corrected chi connectivity index (χ2v) is 10.6. The third-order valence-corrected chi connectivity index (χ3v) is 8.75. The van der Waals surface area contributed by atoms with Crippen molar-refractivity contribution >= 4 is 27.3 Å². The summed E-state index contributed by atoms with van der Waals surface area (Å²) < 4.78 is 38.0. The maximum atomic E-state index is 13.1. The Balaban J connectivity index is 1.35. The summed E-state index contributed by atoms with van der Waals surface area (Å²) in [6, 6.07) is 6.71. The predicted molar refractivity (Wildman–Crippen MR) is 118 cm³/mol. The lowest BCUT2D eigenvalue weighted by Crippen LogP contribution is -2.52. The van der Waals surface area contributed by atoms with Crippen LogP contribution in [-0.4, -0.2) is 81.9 Å². The minimum absolute atomic E-state index is 0.0573. The van der Waals surface area contributed by atoms with Gasteiger partial charge in [0.2, 0.25) is 15.9 Å². The Bertz CT molecular complexity index is 1050. The molecule has 1 fully saturated rings. The molecule has 0 atom stereocenters. The quantitative estimate of drug-likeness (QED) is 0.646. The van der Waals surface area contributed by atoms with E-state index in [0.29, 0.717) is 31.1 Å². The number of sulfonamides is 1. The molecule has 1 aromatic carbocycles. The van der Waals surface area contributed by atoms with Crippen molar-refractivity contribution in [1.82, 2.24) is 14.1 Å². The molecule has 0 saturated carbocycles. The van der Waals surface area contributed by atoms with Crippen LogP contribution < -0.4 is 9.47 Å². The second kappa shape index (κ2) is 9.15. The number of thiophene rings is 1. The summed E-state index contributed by atoms with van der Waals surface area (Å²) in [7, 11) is -0.695. The molecule has 2 aromatic rings. The van der Waals surface area contributed by atoms with E-state index in [0.717, 1.165) is 19.5 Å². The lowest BCUT2D eigenvalue weighted by atomic mass is 10.1. The van der Waals surface area contributed by atoms with Crippen LogP contribution in [0, 0.1) is 0 Å². The molecule has 0 spiro atoms. The minimum atomic E-state index is -3.67. The fourth-order valence-electron chi connectivity index (χ4n) is 4.04. The summed E-state index contributed by atoms with van der Waals surface area (Å²) in [6.45, 7) is 3.39. The van der Waals surface area contributed by atoms with Crippen LogP contribution in [0.3, 0.4) is 0 Å². The highest BCUT2D eigenvalue weighted by Gasteiger charge is 2.31. The number of piperazine rings is 1. The van der Waals surface area contributed by atoms with Crippen molar-refractivity contribution in [3.63, 3.8) is 0 Å². The van der Waals surface area contributed by atoms with Crippen LogP contribution in [0.4, 0.5) is 0 Å². The summed E-state index contributed by atoms with van der Waals surface area (Å²) in [5, 5.41) is 2.11. The monoisotopic (exact) mass is 465 g/mol. The Morgan fingerprint density at radius 1 is 1.03 bits per heavy atom. The van der Waals surface area contributed by atoms with Gasteiger partial charge in [0.1, 0.15) is 0 Å². The van der Waals surface area contributed by atoms with Gasteiger partial charge in [0, 0.05) is 50.2 Å². The van der Waals surface area contributed by atoms with Crippen molar-refractivity contribution in [1.29, 1.82) is 0 Å². The molecule has 3 heterocycles. The molecular weight excluding hydrogens is 438 g/mol. The average molecular weight is 466 g/mol. The number of nitrogens with zero attached hydrogens (tertiary/aromatic N) is 3. The highest BCUT2D eigenvalue weighted by atomic mass is 32.2. The molecule has 31 heavy (non-hydrogen) atoms.